The van der Waals surface area contributed by atoms with Gasteiger partial charge in [-0.2, -0.15) is 11.3 Å². The Balaban J connectivity index is 1.82. The van der Waals surface area contributed by atoms with E-state index in [9.17, 15) is 0 Å². The quantitative estimate of drug-likeness (QED) is 0.943. The number of nitrogens with zero attached hydrogens (tertiary/aromatic N) is 1. The molecule has 1 aromatic carbocycles. The Labute approximate surface area is 124 Å². The highest BCUT2D eigenvalue weighted by molar-refractivity contribution is 7.08. The van der Waals surface area contributed by atoms with Gasteiger partial charge in [-0.3, -0.25) is 0 Å². The smallest absolute Gasteiger partial charge is 0.119 e. The van der Waals surface area contributed by atoms with Gasteiger partial charge in [0, 0.05) is 36.1 Å². The van der Waals surface area contributed by atoms with E-state index in [1.807, 2.05) is 6.07 Å². The van der Waals surface area contributed by atoms with Crippen molar-refractivity contribution in [1.29, 1.82) is 0 Å². The molecule has 20 heavy (non-hydrogen) atoms. The van der Waals surface area contributed by atoms with Crippen molar-refractivity contribution in [2.75, 3.05) is 25.1 Å². The summed E-state index contributed by atoms with van der Waals surface area (Å²) in [5.74, 6) is 1.39. The van der Waals surface area contributed by atoms with Gasteiger partial charge in [-0.25, -0.2) is 0 Å². The monoisotopic (exact) mass is 288 g/mol. The van der Waals surface area contributed by atoms with Crippen LogP contribution >= 0.6 is 11.3 Å². The van der Waals surface area contributed by atoms with Gasteiger partial charge in [0.05, 0.1) is 7.11 Å². The van der Waals surface area contributed by atoms with E-state index < -0.39 is 0 Å². The maximum atomic E-state index is 6.26. The second kappa shape index (κ2) is 5.85. The summed E-state index contributed by atoms with van der Waals surface area (Å²) in [4.78, 5) is 2.40. The number of nitrogens with two attached hydrogens (primary N) is 1. The van der Waals surface area contributed by atoms with Crippen molar-refractivity contribution < 1.29 is 4.74 Å². The summed E-state index contributed by atoms with van der Waals surface area (Å²) in [7, 11) is 1.71. The molecule has 1 aliphatic rings. The van der Waals surface area contributed by atoms with Crippen molar-refractivity contribution in [2.24, 2.45) is 5.73 Å². The van der Waals surface area contributed by atoms with E-state index in [1.54, 1.807) is 18.4 Å². The van der Waals surface area contributed by atoms with Gasteiger partial charge in [-0.15, -0.1) is 0 Å². The lowest BCUT2D eigenvalue weighted by Crippen LogP contribution is -2.46. The van der Waals surface area contributed by atoms with Crippen LogP contribution in [0, 0.1) is 0 Å². The van der Waals surface area contributed by atoms with E-state index in [0.717, 1.165) is 25.3 Å². The zero-order chi connectivity index (χ0) is 13.9. The van der Waals surface area contributed by atoms with Crippen LogP contribution in [0.4, 0.5) is 5.69 Å². The number of rotatable bonds is 3. The summed E-state index contributed by atoms with van der Waals surface area (Å²) < 4.78 is 5.33. The van der Waals surface area contributed by atoms with E-state index in [2.05, 4.69) is 39.9 Å². The second-order valence-electron chi connectivity index (χ2n) is 5.36. The van der Waals surface area contributed by atoms with Crippen LogP contribution in [0.1, 0.15) is 17.9 Å². The summed E-state index contributed by atoms with van der Waals surface area (Å²) in [5.41, 5.74) is 8.87. The van der Waals surface area contributed by atoms with Gasteiger partial charge >= 0.3 is 0 Å². The Morgan fingerprint density at radius 2 is 2.20 bits per heavy atom. The topological polar surface area (TPSA) is 38.5 Å². The van der Waals surface area contributed by atoms with Crippen LogP contribution in [0.15, 0.2) is 41.1 Å². The maximum absolute atomic E-state index is 6.26. The van der Waals surface area contributed by atoms with Crippen LogP contribution in [0.2, 0.25) is 0 Å². The molecule has 2 heterocycles. The Morgan fingerprint density at radius 3 is 2.95 bits per heavy atom. The Bertz CT molecular complexity index is 555. The molecule has 2 aromatic rings. The number of hydrogen-bond acceptors (Lipinski definition) is 4. The highest BCUT2D eigenvalue weighted by Gasteiger charge is 2.26. The minimum Gasteiger partial charge on any atom is -0.497 e. The summed E-state index contributed by atoms with van der Waals surface area (Å²) in [6, 6.07) is 10.8. The highest BCUT2D eigenvalue weighted by Crippen LogP contribution is 2.31. The molecule has 0 spiro atoms. The minimum absolute atomic E-state index is 0.222. The number of benzene rings is 1. The largest absolute Gasteiger partial charge is 0.497 e. The van der Waals surface area contributed by atoms with Crippen LogP contribution in [-0.2, 0) is 0 Å². The van der Waals surface area contributed by atoms with Gasteiger partial charge in [0.1, 0.15) is 5.75 Å². The van der Waals surface area contributed by atoms with E-state index in [-0.39, 0.29) is 6.04 Å². The molecule has 3 nitrogen and oxygen atoms in total. The van der Waals surface area contributed by atoms with Crippen LogP contribution < -0.4 is 15.4 Å². The van der Waals surface area contributed by atoms with Crippen molar-refractivity contribution in [1.82, 2.24) is 0 Å². The van der Waals surface area contributed by atoms with Crippen LogP contribution in [-0.4, -0.2) is 26.2 Å². The summed E-state index contributed by atoms with van der Waals surface area (Å²) >= 11 is 1.74. The predicted molar refractivity (Wildman–Crippen MR) is 84.9 cm³/mol. The SMILES string of the molecule is COc1cccc(C2CC(N)CN(c3ccsc3)C2)c1. The molecule has 1 saturated heterocycles. The highest BCUT2D eigenvalue weighted by atomic mass is 32.1. The Kier molecular flexibility index (Phi) is 3.94. The molecule has 2 N–H and O–H groups in total. The normalized spacial score (nSPS) is 22.8. The number of hydrogen-bond donors (Lipinski definition) is 1. The fourth-order valence-electron chi connectivity index (χ4n) is 2.92. The first kappa shape index (κ1) is 13.5. The predicted octanol–water partition coefficient (Wildman–Crippen LogP) is 3.08. The van der Waals surface area contributed by atoms with Crippen molar-refractivity contribution in [3.8, 4) is 5.75 Å². The van der Waals surface area contributed by atoms with Crippen molar-refractivity contribution >= 4 is 17.0 Å². The number of piperidine rings is 1. The molecule has 106 valence electrons. The van der Waals surface area contributed by atoms with Crippen molar-refractivity contribution in [3.63, 3.8) is 0 Å². The lowest BCUT2D eigenvalue weighted by Gasteiger charge is -2.37. The van der Waals surface area contributed by atoms with Crippen molar-refractivity contribution in [2.45, 2.75) is 18.4 Å². The van der Waals surface area contributed by atoms with Crippen molar-refractivity contribution in [3.05, 3.63) is 46.7 Å². The second-order valence-corrected chi connectivity index (χ2v) is 6.14. The van der Waals surface area contributed by atoms with E-state index in [1.165, 1.54) is 11.3 Å². The van der Waals surface area contributed by atoms with Gasteiger partial charge in [0.25, 0.3) is 0 Å². The molecular weight excluding hydrogens is 268 g/mol. The minimum atomic E-state index is 0.222. The summed E-state index contributed by atoms with van der Waals surface area (Å²) in [6.07, 6.45) is 1.04. The molecule has 3 rings (SSSR count). The first-order valence-electron chi connectivity index (χ1n) is 6.93. The molecule has 2 atom stereocenters. The number of anilines is 1. The third-order valence-corrected chi connectivity index (χ3v) is 4.59. The zero-order valence-electron chi connectivity index (χ0n) is 11.7. The van der Waals surface area contributed by atoms with Gasteiger partial charge in [-0.1, -0.05) is 12.1 Å². The molecule has 4 heteroatoms. The molecule has 1 aromatic heterocycles. The zero-order valence-corrected chi connectivity index (χ0v) is 12.5. The van der Waals surface area contributed by atoms with Gasteiger partial charge < -0.3 is 15.4 Å². The molecule has 1 fully saturated rings. The van der Waals surface area contributed by atoms with Crippen LogP contribution in [0.5, 0.6) is 5.75 Å². The van der Waals surface area contributed by atoms with Crippen LogP contribution in [0.3, 0.4) is 0 Å². The summed E-state index contributed by atoms with van der Waals surface area (Å²) in [5, 5.41) is 4.32. The van der Waals surface area contributed by atoms with Crippen LogP contribution in [0.25, 0.3) is 0 Å². The van der Waals surface area contributed by atoms with E-state index >= 15 is 0 Å². The average molecular weight is 288 g/mol. The average Bonchev–Trinajstić information content (AvgIpc) is 3.01. The number of methoxy groups -OCH3 is 1. The van der Waals surface area contributed by atoms with E-state index in [0.29, 0.717) is 5.92 Å². The molecule has 0 saturated carbocycles. The molecule has 1 aliphatic heterocycles. The lowest BCUT2D eigenvalue weighted by atomic mass is 9.88. The first-order valence-corrected chi connectivity index (χ1v) is 7.87. The third-order valence-electron chi connectivity index (χ3n) is 3.92. The number of ether oxygens (including phenoxy) is 1. The molecule has 0 bridgehead atoms. The fourth-order valence-corrected chi connectivity index (χ4v) is 3.59. The standard InChI is InChI=1S/C16H20N2OS/c1-19-16-4-2-3-12(8-16)13-7-14(17)10-18(9-13)15-5-6-20-11-15/h2-6,8,11,13-14H,7,9-10,17H2,1H3. The molecular formula is C16H20N2OS. The Hall–Kier alpha value is -1.52. The number of thiophene rings is 1. The maximum Gasteiger partial charge on any atom is 0.119 e. The summed E-state index contributed by atoms with van der Waals surface area (Å²) in [6.45, 7) is 1.97. The molecule has 0 radical (unpaired) electrons. The lowest BCUT2D eigenvalue weighted by molar-refractivity contribution is 0.411. The fraction of sp³-hybridized carbons (Fsp3) is 0.375. The molecule has 2 unspecified atom stereocenters. The first-order chi connectivity index (χ1) is 9.76. The van der Waals surface area contributed by atoms with E-state index in [4.69, 9.17) is 10.5 Å². The molecule has 0 aliphatic carbocycles. The molecule has 0 amide bonds. The van der Waals surface area contributed by atoms with Gasteiger partial charge in [-0.05, 0) is 35.6 Å². The Morgan fingerprint density at radius 1 is 1.30 bits per heavy atom. The van der Waals surface area contributed by atoms with Gasteiger partial charge in [0.2, 0.25) is 0 Å². The third kappa shape index (κ3) is 2.81. The van der Waals surface area contributed by atoms with Gasteiger partial charge in [0.15, 0.2) is 0 Å².